The highest BCUT2D eigenvalue weighted by Gasteiger charge is 2.39. The van der Waals surface area contributed by atoms with Gasteiger partial charge in [0, 0.05) is 13.7 Å². The van der Waals surface area contributed by atoms with Gasteiger partial charge in [-0.05, 0) is 31.7 Å². The average molecular weight is 303 g/mol. The van der Waals surface area contributed by atoms with Crippen LogP contribution in [0.1, 0.15) is 30.4 Å². The van der Waals surface area contributed by atoms with Crippen molar-refractivity contribution in [2.24, 2.45) is 0 Å². The summed E-state index contributed by atoms with van der Waals surface area (Å²) in [5.74, 6) is 0.209. The standard InChI is InChI=1S/C18H25NO3/c1-13-4-3-5-14(10-13)11-18(20)19-8-9-22-17-7-6-15(21-2)12-16(17)19/h3-5,10,15-17H,6-9,11-12H2,1-2H3/t15-,16-,17+/m1/s1. The van der Waals surface area contributed by atoms with Crippen LogP contribution in [0.2, 0.25) is 0 Å². The van der Waals surface area contributed by atoms with Crippen LogP contribution in [0.4, 0.5) is 0 Å². The predicted octanol–water partition coefficient (Wildman–Crippen LogP) is 2.33. The zero-order valence-electron chi connectivity index (χ0n) is 13.5. The molecular formula is C18H25NO3. The largest absolute Gasteiger partial charge is 0.381 e. The number of rotatable bonds is 3. The van der Waals surface area contributed by atoms with Gasteiger partial charge in [0.25, 0.3) is 0 Å². The lowest BCUT2D eigenvalue weighted by molar-refractivity contribution is -0.154. The Morgan fingerprint density at radius 1 is 1.41 bits per heavy atom. The van der Waals surface area contributed by atoms with Crippen molar-refractivity contribution >= 4 is 5.91 Å². The number of methoxy groups -OCH3 is 1. The molecule has 3 rings (SSSR count). The van der Waals surface area contributed by atoms with Gasteiger partial charge in [0.15, 0.2) is 0 Å². The number of aryl methyl sites for hydroxylation is 1. The van der Waals surface area contributed by atoms with Crippen LogP contribution in [-0.2, 0) is 20.7 Å². The van der Waals surface area contributed by atoms with Crippen molar-refractivity contribution in [2.45, 2.75) is 50.9 Å². The summed E-state index contributed by atoms with van der Waals surface area (Å²) in [4.78, 5) is 14.8. The van der Waals surface area contributed by atoms with Gasteiger partial charge in [0.1, 0.15) is 0 Å². The summed E-state index contributed by atoms with van der Waals surface area (Å²) in [5.41, 5.74) is 2.29. The smallest absolute Gasteiger partial charge is 0.227 e. The fourth-order valence-electron chi connectivity index (χ4n) is 3.69. The maximum atomic E-state index is 12.8. The zero-order chi connectivity index (χ0) is 15.5. The van der Waals surface area contributed by atoms with Gasteiger partial charge in [-0.1, -0.05) is 29.8 Å². The molecule has 0 N–H and O–H groups in total. The normalized spacial score (nSPS) is 28.3. The third kappa shape index (κ3) is 3.33. The summed E-state index contributed by atoms with van der Waals surface area (Å²) in [5, 5.41) is 0. The van der Waals surface area contributed by atoms with Gasteiger partial charge in [0.2, 0.25) is 5.91 Å². The summed E-state index contributed by atoms with van der Waals surface area (Å²) < 4.78 is 11.4. The fraction of sp³-hybridized carbons (Fsp3) is 0.611. The van der Waals surface area contributed by atoms with Gasteiger partial charge < -0.3 is 14.4 Å². The number of ether oxygens (including phenoxy) is 2. The Kier molecular flexibility index (Phi) is 4.79. The highest BCUT2D eigenvalue weighted by molar-refractivity contribution is 5.79. The van der Waals surface area contributed by atoms with E-state index in [-0.39, 0.29) is 24.2 Å². The maximum absolute atomic E-state index is 12.8. The van der Waals surface area contributed by atoms with Crippen LogP contribution in [0.15, 0.2) is 24.3 Å². The molecule has 0 bridgehead atoms. The van der Waals surface area contributed by atoms with Crippen LogP contribution in [0.5, 0.6) is 0 Å². The minimum atomic E-state index is 0.171. The molecule has 4 nitrogen and oxygen atoms in total. The number of carbonyl (C=O) groups excluding carboxylic acids is 1. The van der Waals surface area contributed by atoms with Crippen molar-refractivity contribution in [1.82, 2.24) is 4.90 Å². The molecule has 3 atom stereocenters. The number of fused-ring (bicyclic) bond motifs is 1. The SMILES string of the molecule is CO[C@@H]1CC[C@@H]2OCCN(C(=O)Cc3cccc(C)c3)[C@@H]2C1. The van der Waals surface area contributed by atoms with Gasteiger partial charge in [-0.2, -0.15) is 0 Å². The van der Waals surface area contributed by atoms with E-state index >= 15 is 0 Å². The number of benzene rings is 1. The highest BCUT2D eigenvalue weighted by atomic mass is 16.5. The van der Waals surface area contributed by atoms with E-state index in [0.717, 1.165) is 24.8 Å². The van der Waals surface area contributed by atoms with Gasteiger partial charge >= 0.3 is 0 Å². The van der Waals surface area contributed by atoms with Crippen molar-refractivity contribution < 1.29 is 14.3 Å². The van der Waals surface area contributed by atoms with Crippen molar-refractivity contribution in [2.75, 3.05) is 20.3 Å². The number of hydrogen-bond donors (Lipinski definition) is 0. The van der Waals surface area contributed by atoms with Crippen LogP contribution in [-0.4, -0.2) is 49.3 Å². The molecular weight excluding hydrogens is 278 g/mol. The predicted molar refractivity (Wildman–Crippen MR) is 84.8 cm³/mol. The Bertz CT molecular complexity index is 531. The third-order valence-corrected chi connectivity index (χ3v) is 4.86. The molecule has 22 heavy (non-hydrogen) atoms. The summed E-state index contributed by atoms with van der Waals surface area (Å²) in [6, 6.07) is 8.37. The van der Waals surface area contributed by atoms with Crippen LogP contribution in [0.25, 0.3) is 0 Å². The Labute approximate surface area is 132 Å². The molecule has 1 saturated heterocycles. The number of carbonyl (C=O) groups is 1. The molecule has 0 radical (unpaired) electrons. The number of hydrogen-bond acceptors (Lipinski definition) is 3. The molecule has 0 spiro atoms. The molecule has 1 amide bonds. The second kappa shape index (κ2) is 6.80. The van der Waals surface area contributed by atoms with Gasteiger partial charge in [-0.15, -0.1) is 0 Å². The summed E-state index contributed by atoms with van der Waals surface area (Å²) in [6.07, 6.45) is 3.80. The first-order valence-corrected chi connectivity index (χ1v) is 8.17. The van der Waals surface area contributed by atoms with Crippen molar-refractivity contribution in [1.29, 1.82) is 0 Å². The minimum absolute atomic E-state index is 0.171. The molecule has 0 unspecified atom stereocenters. The highest BCUT2D eigenvalue weighted by Crippen LogP contribution is 2.30. The summed E-state index contributed by atoms with van der Waals surface area (Å²) in [6.45, 7) is 3.41. The fourth-order valence-corrected chi connectivity index (χ4v) is 3.69. The molecule has 1 aliphatic carbocycles. The number of morpholine rings is 1. The topological polar surface area (TPSA) is 38.8 Å². The Morgan fingerprint density at radius 2 is 2.27 bits per heavy atom. The van der Waals surface area contributed by atoms with Crippen molar-refractivity contribution in [3.63, 3.8) is 0 Å². The second-order valence-corrected chi connectivity index (χ2v) is 6.40. The third-order valence-electron chi connectivity index (χ3n) is 4.86. The summed E-state index contributed by atoms with van der Waals surface area (Å²) in [7, 11) is 1.76. The maximum Gasteiger partial charge on any atom is 0.227 e. The minimum Gasteiger partial charge on any atom is -0.381 e. The van der Waals surface area contributed by atoms with Crippen molar-refractivity contribution in [3.05, 3.63) is 35.4 Å². The lowest BCUT2D eigenvalue weighted by Gasteiger charge is -2.45. The monoisotopic (exact) mass is 303 g/mol. The first kappa shape index (κ1) is 15.5. The Hall–Kier alpha value is -1.39. The van der Waals surface area contributed by atoms with Crippen molar-refractivity contribution in [3.8, 4) is 0 Å². The van der Waals surface area contributed by atoms with Gasteiger partial charge in [-0.25, -0.2) is 0 Å². The number of amides is 1. The average Bonchev–Trinajstić information content (AvgIpc) is 2.53. The van der Waals surface area contributed by atoms with E-state index in [0.29, 0.717) is 19.6 Å². The van der Waals surface area contributed by atoms with E-state index in [2.05, 4.69) is 19.1 Å². The molecule has 2 fully saturated rings. The van der Waals surface area contributed by atoms with E-state index in [9.17, 15) is 4.79 Å². The van der Waals surface area contributed by atoms with Crippen LogP contribution < -0.4 is 0 Å². The lowest BCUT2D eigenvalue weighted by atomic mass is 9.87. The van der Waals surface area contributed by atoms with Crippen LogP contribution in [0.3, 0.4) is 0 Å². The van der Waals surface area contributed by atoms with Gasteiger partial charge in [0.05, 0.1) is 31.3 Å². The van der Waals surface area contributed by atoms with E-state index in [1.165, 1.54) is 5.56 Å². The van der Waals surface area contributed by atoms with Gasteiger partial charge in [-0.3, -0.25) is 4.79 Å². The Morgan fingerprint density at radius 3 is 3.05 bits per heavy atom. The molecule has 4 heteroatoms. The first-order valence-electron chi connectivity index (χ1n) is 8.17. The molecule has 1 aromatic rings. The van der Waals surface area contributed by atoms with Crippen LogP contribution in [0, 0.1) is 6.92 Å². The molecule has 1 aliphatic heterocycles. The van der Waals surface area contributed by atoms with E-state index in [1.807, 2.05) is 17.0 Å². The molecule has 2 aliphatic rings. The van der Waals surface area contributed by atoms with E-state index < -0.39 is 0 Å². The van der Waals surface area contributed by atoms with E-state index in [1.54, 1.807) is 7.11 Å². The number of nitrogens with zero attached hydrogens (tertiary/aromatic N) is 1. The molecule has 120 valence electrons. The quantitative estimate of drug-likeness (QED) is 0.860. The lowest BCUT2D eigenvalue weighted by Crippen LogP contribution is -2.57. The summed E-state index contributed by atoms with van der Waals surface area (Å²) >= 11 is 0. The van der Waals surface area contributed by atoms with E-state index in [4.69, 9.17) is 9.47 Å². The first-order chi connectivity index (χ1) is 10.7. The Balaban J connectivity index is 1.70. The second-order valence-electron chi connectivity index (χ2n) is 6.40. The zero-order valence-corrected chi connectivity index (χ0v) is 13.5. The molecule has 1 heterocycles. The molecule has 1 aromatic carbocycles. The molecule has 0 aromatic heterocycles. The van der Waals surface area contributed by atoms with Crippen LogP contribution >= 0.6 is 0 Å². The molecule has 1 saturated carbocycles.